The van der Waals surface area contributed by atoms with E-state index in [1.54, 1.807) is 0 Å². The van der Waals surface area contributed by atoms with Gasteiger partial charge in [0.25, 0.3) is 0 Å². The van der Waals surface area contributed by atoms with Gasteiger partial charge < -0.3 is 44.5 Å². The summed E-state index contributed by atoms with van der Waals surface area (Å²) < 4.78 is 26.8. The first-order chi connectivity index (χ1) is 24.9. The third-order valence-corrected chi connectivity index (χ3v) is 7.79. The Labute approximate surface area is 303 Å². The quantitative estimate of drug-likeness (QED) is 0.0278. The first-order valence-electron chi connectivity index (χ1n) is 18.8. The van der Waals surface area contributed by atoms with Crippen LogP contribution in [0.25, 0.3) is 10.4 Å². The van der Waals surface area contributed by atoms with Gasteiger partial charge in [-0.1, -0.05) is 82.2 Å². The smallest absolute Gasteiger partial charge is 0.326 e. The Morgan fingerprint density at radius 1 is 0.549 bits per heavy atom. The SMILES string of the molecule is [N-]=[N+]=NCCOCCOCCOCCOCCOCCNC(=O)CCC(NC(=O)CCCCCCCCCCCCCCCCC(=O)O)C(=O)O. The summed E-state index contributed by atoms with van der Waals surface area (Å²) in [5, 5.41) is 26.7. The van der Waals surface area contributed by atoms with Crippen molar-refractivity contribution in [3.05, 3.63) is 10.4 Å². The number of carbonyl (C=O) groups is 4. The number of carboxylic acids is 2. The zero-order chi connectivity index (χ0) is 37.5. The normalized spacial score (nSPS) is 11.5. The van der Waals surface area contributed by atoms with Crippen LogP contribution in [0, 0.1) is 0 Å². The highest BCUT2D eigenvalue weighted by atomic mass is 16.6. The van der Waals surface area contributed by atoms with Crippen LogP contribution in [0.3, 0.4) is 0 Å². The zero-order valence-corrected chi connectivity index (χ0v) is 30.7. The fourth-order valence-corrected chi connectivity index (χ4v) is 4.97. The average Bonchev–Trinajstić information content (AvgIpc) is 3.10. The molecule has 0 spiro atoms. The third-order valence-electron chi connectivity index (χ3n) is 7.79. The van der Waals surface area contributed by atoms with E-state index in [9.17, 15) is 24.3 Å². The predicted molar refractivity (Wildman–Crippen MR) is 191 cm³/mol. The van der Waals surface area contributed by atoms with Crippen LogP contribution in [-0.4, -0.2) is 119 Å². The fraction of sp³-hybridized carbons (Fsp3) is 0.886. The van der Waals surface area contributed by atoms with Crippen molar-refractivity contribution in [3.8, 4) is 0 Å². The van der Waals surface area contributed by atoms with Gasteiger partial charge in [0.1, 0.15) is 6.04 Å². The highest BCUT2D eigenvalue weighted by Gasteiger charge is 2.20. The molecule has 296 valence electrons. The van der Waals surface area contributed by atoms with E-state index in [1.807, 2.05) is 0 Å². The summed E-state index contributed by atoms with van der Waals surface area (Å²) in [4.78, 5) is 49.1. The molecule has 0 aliphatic heterocycles. The van der Waals surface area contributed by atoms with Crippen LogP contribution in [0.4, 0.5) is 0 Å². The van der Waals surface area contributed by atoms with E-state index in [-0.39, 0.29) is 50.6 Å². The van der Waals surface area contributed by atoms with Crippen LogP contribution >= 0.6 is 0 Å². The largest absolute Gasteiger partial charge is 0.481 e. The van der Waals surface area contributed by atoms with Crippen molar-refractivity contribution < 1.29 is 53.1 Å². The molecular formula is C35H65N5O11. The van der Waals surface area contributed by atoms with E-state index in [0.717, 1.165) is 38.5 Å². The second-order valence-electron chi connectivity index (χ2n) is 12.2. The molecule has 0 saturated heterocycles. The lowest BCUT2D eigenvalue weighted by Gasteiger charge is -2.14. The van der Waals surface area contributed by atoms with Crippen LogP contribution in [-0.2, 0) is 42.9 Å². The van der Waals surface area contributed by atoms with E-state index < -0.39 is 18.0 Å². The predicted octanol–water partition coefficient (Wildman–Crippen LogP) is 5.17. The summed E-state index contributed by atoms with van der Waals surface area (Å²) >= 11 is 0. The van der Waals surface area contributed by atoms with Gasteiger partial charge in [-0.05, 0) is 24.8 Å². The van der Waals surface area contributed by atoms with E-state index in [2.05, 4.69) is 20.7 Å². The highest BCUT2D eigenvalue weighted by Crippen LogP contribution is 2.14. The molecule has 0 radical (unpaired) electrons. The van der Waals surface area contributed by atoms with Crippen molar-refractivity contribution in [2.24, 2.45) is 5.11 Å². The van der Waals surface area contributed by atoms with Crippen molar-refractivity contribution in [1.82, 2.24) is 10.6 Å². The minimum absolute atomic E-state index is 0.0111. The van der Waals surface area contributed by atoms with Crippen LogP contribution < -0.4 is 10.6 Å². The lowest BCUT2D eigenvalue weighted by molar-refractivity contribution is -0.142. The molecule has 0 aliphatic rings. The molecule has 4 N–H and O–H groups in total. The van der Waals surface area contributed by atoms with Crippen molar-refractivity contribution >= 4 is 23.8 Å². The number of nitrogens with one attached hydrogen (secondary N) is 2. The van der Waals surface area contributed by atoms with Gasteiger partial charge in [-0.15, -0.1) is 0 Å². The molecule has 16 heteroatoms. The lowest BCUT2D eigenvalue weighted by atomic mass is 10.0. The Kier molecular flexibility index (Phi) is 36.0. The number of hydrogen-bond acceptors (Lipinski definition) is 10. The molecule has 0 bridgehead atoms. The Balaban J connectivity index is 3.58. The van der Waals surface area contributed by atoms with Crippen molar-refractivity contribution in [1.29, 1.82) is 0 Å². The number of rotatable bonds is 40. The van der Waals surface area contributed by atoms with E-state index in [0.29, 0.717) is 72.4 Å². The zero-order valence-electron chi connectivity index (χ0n) is 30.7. The maximum atomic E-state index is 12.3. The number of ether oxygens (including phenoxy) is 5. The molecule has 51 heavy (non-hydrogen) atoms. The minimum atomic E-state index is -1.16. The number of hydrogen-bond donors (Lipinski definition) is 4. The number of nitrogens with zero attached hydrogens (tertiary/aromatic N) is 3. The summed E-state index contributed by atoms with van der Waals surface area (Å²) in [5.41, 5.74) is 8.15. The molecule has 2 amide bonds. The molecule has 1 atom stereocenters. The Morgan fingerprint density at radius 3 is 1.39 bits per heavy atom. The summed E-state index contributed by atoms with van der Waals surface area (Å²) in [6.45, 7) is 4.53. The summed E-state index contributed by atoms with van der Waals surface area (Å²) in [6, 6.07) is -1.10. The lowest BCUT2D eigenvalue weighted by Crippen LogP contribution is -2.41. The molecule has 0 aromatic carbocycles. The highest BCUT2D eigenvalue weighted by molar-refractivity contribution is 5.84. The molecule has 16 nitrogen and oxygen atoms in total. The van der Waals surface area contributed by atoms with Crippen molar-refractivity contribution in [3.63, 3.8) is 0 Å². The number of amides is 2. The average molecular weight is 732 g/mol. The maximum absolute atomic E-state index is 12.3. The van der Waals surface area contributed by atoms with Crippen molar-refractivity contribution in [2.45, 2.75) is 122 Å². The Morgan fingerprint density at radius 2 is 0.961 bits per heavy atom. The first-order valence-corrected chi connectivity index (χ1v) is 18.8. The second kappa shape index (κ2) is 38.2. The first kappa shape index (κ1) is 48.0. The molecule has 0 heterocycles. The van der Waals surface area contributed by atoms with Gasteiger partial charge in [0.15, 0.2) is 0 Å². The minimum Gasteiger partial charge on any atom is -0.481 e. The monoisotopic (exact) mass is 731 g/mol. The maximum Gasteiger partial charge on any atom is 0.326 e. The van der Waals surface area contributed by atoms with Gasteiger partial charge >= 0.3 is 11.9 Å². The molecule has 0 saturated carbocycles. The van der Waals surface area contributed by atoms with Crippen LogP contribution in [0.15, 0.2) is 5.11 Å². The van der Waals surface area contributed by atoms with Crippen molar-refractivity contribution in [2.75, 3.05) is 79.2 Å². The van der Waals surface area contributed by atoms with Gasteiger partial charge in [0.05, 0.1) is 66.1 Å². The summed E-state index contributed by atoms with van der Waals surface area (Å²) in [7, 11) is 0. The number of carbonyl (C=O) groups excluding carboxylic acids is 2. The van der Waals surface area contributed by atoms with E-state index in [4.69, 9.17) is 34.3 Å². The van der Waals surface area contributed by atoms with Crippen LogP contribution in [0.5, 0.6) is 0 Å². The van der Waals surface area contributed by atoms with E-state index in [1.165, 1.54) is 44.9 Å². The number of carboxylic acid groups (broad SMARTS) is 2. The standard InChI is InChI=1S/C35H65N5O11/c36-40-38-20-22-48-24-26-50-28-30-51-29-27-49-25-23-47-21-19-37-32(41)18-17-31(35(45)46)39-33(42)15-13-11-9-7-5-3-1-2-4-6-8-10-12-14-16-34(43)44/h31H,1-30H2,(H,37,41)(H,39,42)(H,43,44)(H,45,46). The van der Waals surface area contributed by atoms with E-state index >= 15 is 0 Å². The van der Waals surface area contributed by atoms with Crippen LogP contribution in [0.2, 0.25) is 0 Å². The van der Waals surface area contributed by atoms with Gasteiger partial charge in [0, 0.05) is 37.3 Å². The molecule has 0 aromatic heterocycles. The molecule has 0 aromatic rings. The molecule has 0 fully saturated rings. The van der Waals surface area contributed by atoms with Crippen LogP contribution in [0.1, 0.15) is 116 Å². The summed E-state index contributed by atoms with van der Waals surface area (Å²) in [5.74, 6) is -2.48. The third kappa shape index (κ3) is 38.1. The Bertz CT molecular complexity index is 923. The fourth-order valence-electron chi connectivity index (χ4n) is 4.97. The molecule has 0 rings (SSSR count). The number of aliphatic carboxylic acids is 2. The van der Waals surface area contributed by atoms with Gasteiger partial charge in [-0.3, -0.25) is 14.4 Å². The topological polar surface area (TPSA) is 228 Å². The van der Waals surface area contributed by atoms with Gasteiger partial charge in [-0.25, -0.2) is 4.79 Å². The van der Waals surface area contributed by atoms with Gasteiger partial charge in [-0.2, -0.15) is 0 Å². The molecular weight excluding hydrogens is 666 g/mol. The number of unbranched alkanes of at least 4 members (excludes halogenated alkanes) is 13. The molecule has 1 unspecified atom stereocenters. The number of azide groups is 1. The van der Waals surface area contributed by atoms with Gasteiger partial charge in [0.2, 0.25) is 11.8 Å². The summed E-state index contributed by atoms with van der Waals surface area (Å²) in [6.07, 6.45) is 15.8. The Hall–Kier alpha value is -3.01. The second-order valence-corrected chi connectivity index (χ2v) is 12.2. The molecule has 0 aliphatic carbocycles.